The lowest BCUT2D eigenvalue weighted by Gasteiger charge is -2.20. The summed E-state index contributed by atoms with van der Waals surface area (Å²) in [6.07, 6.45) is 0. The van der Waals surface area contributed by atoms with Crippen LogP contribution in [0.1, 0.15) is 46.8 Å². The molecule has 1 heterocycles. The van der Waals surface area contributed by atoms with Gasteiger partial charge in [-0.25, -0.2) is 0 Å². The van der Waals surface area contributed by atoms with Crippen molar-refractivity contribution in [1.82, 2.24) is 5.32 Å². The molecule has 1 aromatic heterocycles. The Morgan fingerprint density at radius 3 is 2.22 bits per heavy atom. The molecule has 2 heteroatoms. The second kappa shape index (κ2) is 5.68. The predicted octanol–water partition coefficient (Wildman–Crippen LogP) is 4.78. The SMILES string of the molecule is Cc1cc(C(C)N[C@@H](C)c2ccccc2)c(C)s1. The van der Waals surface area contributed by atoms with Crippen LogP contribution in [0.15, 0.2) is 36.4 Å². The molecule has 1 N–H and O–H groups in total. The Balaban J connectivity index is 2.08. The van der Waals surface area contributed by atoms with Gasteiger partial charge in [-0.2, -0.15) is 0 Å². The van der Waals surface area contributed by atoms with Crippen molar-refractivity contribution >= 4 is 11.3 Å². The molecule has 0 aliphatic heterocycles. The first kappa shape index (κ1) is 13.3. The zero-order valence-electron chi connectivity index (χ0n) is 11.5. The van der Waals surface area contributed by atoms with Crippen molar-refractivity contribution in [2.24, 2.45) is 0 Å². The van der Waals surface area contributed by atoms with Crippen molar-refractivity contribution in [3.05, 3.63) is 57.3 Å². The smallest absolute Gasteiger partial charge is 0.0308 e. The maximum Gasteiger partial charge on any atom is 0.0308 e. The summed E-state index contributed by atoms with van der Waals surface area (Å²) in [7, 11) is 0. The molecule has 1 unspecified atom stereocenters. The second-order valence-electron chi connectivity index (χ2n) is 4.89. The molecule has 1 aromatic carbocycles. The van der Waals surface area contributed by atoms with Gasteiger partial charge >= 0.3 is 0 Å². The molecule has 0 saturated heterocycles. The van der Waals surface area contributed by atoms with E-state index in [1.54, 1.807) is 0 Å². The highest BCUT2D eigenvalue weighted by Gasteiger charge is 2.14. The fraction of sp³-hybridized carbons (Fsp3) is 0.375. The fourth-order valence-electron chi connectivity index (χ4n) is 2.38. The lowest BCUT2D eigenvalue weighted by atomic mass is 10.0. The molecular weight excluding hydrogens is 238 g/mol. The third-order valence-corrected chi connectivity index (χ3v) is 4.33. The van der Waals surface area contributed by atoms with Crippen LogP contribution in [0, 0.1) is 13.8 Å². The summed E-state index contributed by atoms with van der Waals surface area (Å²) in [5, 5.41) is 3.67. The molecule has 2 aromatic rings. The van der Waals surface area contributed by atoms with E-state index in [0.717, 1.165) is 0 Å². The lowest BCUT2D eigenvalue weighted by Crippen LogP contribution is -2.22. The molecule has 0 bridgehead atoms. The van der Waals surface area contributed by atoms with Crippen molar-refractivity contribution in [3.63, 3.8) is 0 Å². The van der Waals surface area contributed by atoms with Gasteiger partial charge in [0, 0.05) is 21.8 Å². The van der Waals surface area contributed by atoms with E-state index in [4.69, 9.17) is 0 Å². The highest BCUT2D eigenvalue weighted by atomic mass is 32.1. The Hall–Kier alpha value is -1.12. The average molecular weight is 259 g/mol. The minimum atomic E-state index is 0.376. The van der Waals surface area contributed by atoms with Gasteiger partial charge in [-0.1, -0.05) is 30.3 Å². The summed E-state index contributed by atoms with van der Waals surface area (Å²) in [4.78, 5) is 2.82. The van der Waals surface area contributed by atoms with E-state index in [0.29, 0.717) is 12.1 Å². The molecule has 2 rings (SSSR count). The molecule has 2 atom stereocenters. The molecule has 96 valence electrons. The van der Waals surface area contributed by atoms with Crippen LogP contribution in [0.2, 0.25) is 0 Å². The van der Waals surface area contributed by atoms with Crippen LogP contribution in [0.25, 0.3) is 0 Å². The number of aryl methyl sites for hydroxylation is 2. The van der Waals surface area contributed by atoms with E-state index in [1.165, 1.54) is 20.9 Å². The number of nitrogens with one attached hydrogen (secondary N) is 1. The zero-order valence-corrected chi connectivity index (χ0v) is 12.3. The van der Waals surface area contributed by atoms with Crippen molar-refractivity contribution < 1.29 is 0 Å². The van der Waals surface area contributed by atoms with Gasteiger partial charge < -0.3 is 5.32 Å². The van der Waals surface area contributed by atoms with Gasteiger partial charge in [0.25, 0.3) is 0 Å². The number of hydrogen-bond donors (Lipinski definition) is 1. The van der Waals surface area contributed by atoms with E-state index in [2.05, 4.69) is 69.4 Å². The predicted molar refractivity (Wildman–Crippen MR) is 80.2 cm³/mol. The normalized spacial score (nSPS) is 14.4. The summed E-state index contributed by atoms with van der Waals surface area (Å²) in [5.74, 6) is 0. The third kappa shape index (κ3) is 3.01. The summed E-state index contributed by atoms with van der Waals surface area (Å²) >= 11 is 1.88. The van der Waals surface area contributed by atoms with Crippen molar-refractivity contribution in [3.8, 4) is 0 Å². The Morgan fingerprint density at radius 2 is 1.67 bits per heavy atom. The highest BCUT2D eigenvalue weighted by molar-refractivity contribution is 7.12. The first-order valence-electron chi connectivity index (χ1n) is 6.46. The maximum absolute atomic E-state index is 3.67. The molecule has 0 radical (unpaired) electrons. The van der Waals surface area contributed by atoms with Gasteiger partial charge in [0.1, 0.15) is 0 Å². The molecule has 0 fully saturated rings. The van der Waals surface area contributed by atoms with Crippen molar-refractivity contribution in [2.45, 2.75) is 39.8 Å². The van der Waals surface area contributed by atoms with E-state index in [9.17, 15) is 0 Å². The Bertz CT molecular complexity index is 501. The van der Waals surface area contributed by atoms with Gasteiger partial charge in [0.2, 0.25) is 0 Å². The number of thiophene rings is 1. The Labute approximate surface area is 114 Å². The molecule has 1 nitrogen and oxygen atoms in total. The van der Waals surface area contributed by atoms with Gasteiger partial charge in [0.15, 0.2) is 0 Å². The number of benzene rings is 1. The Kier molecular flexibility index (Phi) is 4.20. The molecule has 0 aliphatic rings. The van der Waals surface area contributed by atoms with Crippen LogP contribution in [0.4, 0.5) is 0 Å². The molecular formula is C16H21NS. The largest absolute Gasteiger partial charge is 0.304 e. The topological polar surface area (TPSA) is 12.0 Å². The standard InChI is InChI=1S/C16H21NS/c1-11-10-16(14(4)18-11)13(3)17-12(2)15-8-6-5-7-9-15/h5-10,12-13,17H,1-4H3/t12-,13?/m0/s1. The summed E-state index contributed by atoms with van der Waals surface area (Å²) in [5.41, 5.74) is 2.77. The number of hydrogen-bond acceptors (Lipinski definition) is 2. The van der Waals surface area contributed by atoms with Crippen LogP contribution in [-0.4, -0.2) is 0 Å². The molecule has 0 amide bonds. The van der Waals surface area contributed by atoms with Crippen LogP contribution >= 0.6 is 11.3 Å². The quantitative estimate of drug-likeness (QED) is 0.833. The molecule has 0 saturated carbocycles. The summed E-state index contributed by atoms with van der Waals surface area (Å²) in [6, 6.07) is 13.7. The Morgan fingerprint density at radius 1 is 1.00 bits per heavy atom. The molecule has 0 spiro atoms. The van der Waals surface area contributed by atoms with Gasteiger partial charge in [0.05, 0.1) is 0 Å². The van der Waals surface area contributed by atoms with Crippen LogP contribution in [0.5, 0.6) is 0 Å². The molecule has 0 aliphatic carbocycles. The van der Waals surface area contributed by atoms with Crippen LogP contribution in [-0.2, 0) is 0 Å². The second-order valence-corrected chi connectivity index (χ2v) is 6.35. The number of rotatable bonds is 4. The lowest BCUT2D eigenvalue weighted by molar-refractivity contribution is 0.494. The van der Waals surface area contributed by atoms with E-state index < -0.39 is 0 Å². The monoisotopic (exact) mass is 259 g/mol. The van der Waals surface area contributed by atoms with Gasteiger partial charge in [-0.15, -0.1) is 11.3 Å². The van der Waals surface area contributed by atoms with Crippen molar-refractivity contribution in [2.75, 3.05) is 0 Å². The first-order chi connectivity index (χ1) is 8.58. The van der Waals surface area contributed by atoms with E-state index in [1.807, 2.05) is 11.3 Å². The van der Waals surface area contributed by atoms with Gasteiger partial charge in [-0.05, 0) is 44.9 Å². The maximum atomic E-state index is 3.67. The summed E-state index contributed by atoms with van der Waals surface area (Å²) < 4.78 is 0. The average Bonchev–Trinajstić information content (AvgIpc) is 2.69. The minimum Gasteiger partial charge on any atom is -0.304 e. The zero-order chi connectivity index (χ0) is 13.1. The molecule has 18 heavy (non-hydrogen) atoms. The van der Waals surface area contributed by atoms with Crippen molar-refractivity contribution in [1.29, 1.82) is 0 Å². The van der Waals surface area contributed by atoms with Crippen LogP contribution < -0.4 is 5.32 Å². The first-order valence-corrected chi connectivity index (χ1v) is 7.27. The van der Waals surface area contributed by atoms with Gasteiger partial charge in [-0.3, -0.25) is 0 Å². The highest BCUT2D eigenvalue weighted by Crippen LogP contribution is 2.27. The van der Waals surface area contributed by atoms with E-state index >= 15 is 0 Å². The third-order valence-electron chi connectivity index (χ3n) is 3.35. The minimum absolute atomic E-state index is 0.376. The van der Waals surface area contributed by atoms with Crippen LogP contribution in [0.3, 0.4) is 0 Å². The summed E-state index contributed by atoms with van der Waals surface area (Å²) in [6.45, 7) is 8.85. The van der Waals surface area contributed by atoms with E-state index in [-0.39, 0.29) is 0 Å². The fourth-order valence-corrected chi connectivity index (χ4v) is 3.41.